The van der Waals surface area contributed by atoms with Crippen molar-refractivity contribution in [1.82, 2.24) is 10.6 Å². The first-order chi connectivity index (χ1) is 14.3. The SMILES string of the molecule is CCC(C)CC(=O)N[C@@H](Cc1cc(F)cc(F)c1)[C@@H](O)CNCc1cccc(I)c1. The molecular formula is C23H29F2IN2O2. The van der Waals surface area contributed by atoms with Gasteiger partial charge in [-0.2, -0.15) is 0 Å². The zero-order valence-corrected chi connectivity index (χ0v) is 19.5. The van der Waals surface area contributed by atoms with Gasteiger partial charge in [0.25, 0.3) is 0 Å². The van der Waals surface area contributed by atoms with Gasteiger partial charge in [-0.3, -0.25) is 4.79 Å². The van der Waals surface area contributed by atoms with E-state index in [-0.39, 0.29) is 24.8 Å². The molecule has 30 heavy (non-hydrogen) atoms. The molecule has 3 atom stereocenters. The molecule has 0 radical (unpaired) electrons. The summed E-state index contributed by atoms with van der Waals surface area (Å²) in [6, 6.07) is 10.6. The van der Waals surface area contributed by atoms with Crippen LogP contribution >= 0.6 is 22.6 Å². The topological polar surface area (TPSA) is 61.4 Å². The van der Waals surface area contributed by atoms with Crippen LogP contribution < -0.4 is 10.6 Å². The Morgan fingerprint density at radius 3 is 2.47 bits per heavy atom. The van der Waals surface area contributed by atoms with Crippen LogP contribution in [0.15, 0.2) is 42.5 Å². The maximum Gasteiger partial charge on any atom is 0.220 e. The molecule has 0 heterocycles. The number of hydrogen-bond acceptors (Lipinski definition) is 3. The maximum atomic E-state index is 13.6. The van der Waals surface area contributed by atoms with Gasteiger partial charge in [0.2, 0.25) is 5.91 Å². The molecule has 1 unspecified atom stereocenters. The zero-order chi connectivity index (χ0) is 22.1. The van der Waals surface area contributed by atoms with E-state index in [2.05, 4.69) is 33.2 Å². The fourth-order valence-corrected chi connectivity index (χ4v) is 3.75. The van der Waals surface area contributed by atoms with Crippen LogP contribution in [0.3, 0.4) is 0 Å². The average Bonchev–Trinajstić information content (AvgIpc) is 2.66. The Labute approximate surface area is 190 Å². The van der Waals surface area contributed by atoms with Gasteiger partial charge < -0.3 is 15.7 Å². The molecule has 0 saturated carbocycles. The lowest BCUT2D eigenvalue weighted by Gasteiger charge is -2.25. The summed E-state index contributed by atoms with van der Waals surface area (Å²) < 4.78 is 28.3. The highest BCUT2D eigenvalue weighted by molar-refractivity contribution is 14.1. The van der Waals surface area contributed by atoms with E-state index in [9.17, 15) is 18.7 Å². The normalized spacial score (nSPS) is 14.2. The summed E-state index contributed by atoms with van der Waals surface area (Å²) in [4.78, 5) is 12.4. The lowest BCUT2D eigenvalue weighted by molar-refractivity contribution is -0.123. The molecule has 0 aliphatic heterocycles. The van der Waals surface area contributed by atoms with Gasteiger partial charge in [-0.25, -0.2) is 8.78 Å². The number of benzene rings is 2. The van der Waals surface area contributed by atoms with Gasteiger partial charge in [0.05, 0.1) is 12.1 Å². The van der Waals surface area contributed by atoms with Gasteiger partial charge in [-0.05, 0) is 70.3 Å². The van der Waals surface area contributed by atoms with Gasteiger partial charge in [-0.1, -0.05) is 32.4 Å². The molecule has 1 amide bonds. The van der Waals surface area contributed by atoms with E-state index >= 15 is 0 Å². The number of aliphatic hydroxyl groups is 1. The minimum absolute atomic E-state index is 0.132. The van der Waals surface area contributed by atoms with Crippen molar-refractivity contribution in [2.24, 2.45) is 5.92 Å². The Hall–Kier alpha value is -1.58. The number of amides is 1. The Morgan fingerprint density at radius 2 is 1.83 bits per heavy atom. The van der Waals surface area contributed by atoms with E-state index in [1.807, 2.05) is 38.1 Å². The molecule has 0 bridgehead atoms. The first-order valence-electron chi connectivity index (χ1n) is 10.1. The number of nitrogens with one attached hydrogen (secondary N) is 2. The fourth-order valence-electron chi connectivity index (χ4n) is 3.15. The van der Waals surface area contributed by atoms with E-state index in [4.69, 9.17) is 0 Å². The summed E-state index contributed by atoms with van der Waals surface area (Å²) in [5.74, 6) is -1.32. The number of carbonyl (C=O) groups is 1. The molecule has 2 rings (SSSR count). The third kappa shape index (κ3) is 8.65. The van der Waals surface area contributed by atoms with Crippen molar-refractivity contribution < 1.29 is 18.7 Å². The summed E-state index contributed by atoms with van der Waals surface area (Å²) in [6.45, 7) is 4.79. The number of rotatable bonds is 11. The van der Waals surface area contributed by atoms with Crippen LogP contribution in [0.1, 0.15) is 37.8 Å². The molecule has 3 N–H and O–H groups in total. The number of halogens is 3. The first-order valence-corrected chi connectivity index (χ1v) is 11.2. The maximum absolute atomic E-state index is 13.6. The molecule has 0 aliphatic carbocycles. The molecule has 2 aromatic carbocycles. The van der Waals surface area contributed by atoms with Crippen molar-refractivity contribution in [2.75, 3.05) is 6.54 Å². The van der Waals surface area contributed by atoms with Gasteiger partial charge in [0.15, 0.2) is 0 Å². The predicted octanol–water partition coefficient (Wildman–Crippen LogP) is 4.18. The highest BCUT2D eigenvalue weighted by Crippen LogP contribution is 2.13. The lowest BCUT2D eigenvalue weighted by atomic mass is 9.99. The monoisotopic (exact) mass is 530 g/mol. The Bertz CT molecular complexity index is 814. The van der Waals surface area contributed by atoms with E-state index < -0.39 is 23.8 Å². The largest absolute Gasteiger partial charge is 0.390 e. The van der Waals surface area contributed by atoms with Gasteiger partial charge in [0, 0.05) is 29.1 Å². The molecule has 7 heteroatoms. The Morgan fingerprint density at radius 1 is 1.13 bits per heavy atom. The van der Waals surface area contributed by atoms with Crippen molar-refractivity contribution >= 4 is 28.5 Å². The Balaban J connectivity index is 2.03. The van der Waals surface area contributed by atoms with Crippen molar-refractivity contribution in [3.63, 3.8) is 0 Å². The molecule has 4 nitrogen and oxygen atoms in total. The van der Waals surface area contributed by atoms with Crippen molar-refractivity contribution in [3.05, 3.63) is 68.8 Å². The minimum Gasteiger partial charge on any atom is -0.390 e. The molecule has 0 aromatic heterocycles. The number of carbonyl (C=O) groups excluding carboxylic acids is 1. The molecular weight excluding hydrogens is 501 g/mol. The summed E-state index contributed by atoms with van der Waals surface area (Å²) >= 11 is 2.24. The van der Waals surface area contributed by atoms with Gasteiger partial charge in [-0.15, -0.1) is 0 Å². The van der Waals surface area contributed by atoms with Crippen molar-refractivity contribution in [3.8, 4) is 0 Å². The first kappa shape index (κ1) is 24.7. The van der Waals surface area contributed by atoms with Crippen molar-refractivity contribution in [2.45, 2.75) is 51.8 Å². The van der Waals surface area contributed by atoms with E-state index in [0.717, 1.165) is 21.6 Å². The fraction of sp³-hybridized carbons (Fsp3) is 0.435. The summed E-state index contributed by atoms with van der Waals surface area (Å²) in [5, 5.41) is 16.8. The molecule has 0 spiro atoms. The predicted molar refractivity (Wildman–Crippen MR) is 123 cm³/mol. The molecule has 2 aromatic rings. The van der Waals surface area contributed by atoms with E-state index in [1.54, 1.807) is 0 Å². The Kier molecular flexibility index (Phi) is 10.1. The smallest absolute Gasteiger partial charge is 0.220 e. The summed E-state index contributed by atoms with van der Waals surface area (Å²) in [6.07, 6.45) is 0.424. The van der Waals surface area contributed by atoms with Crippen LogP contribution in [0, 0.1) is 21.1 Å². The third-order valence-corrected chi connectivity index (χ3v) is 5.66. The molecule has 0 saturated heterocycles. The lowest BCUT2D eigenvalue weighted by Crippen LogP contribution is -2.49. The quantitative estimate of drug-likeness (QED) is 0.382. The number of aliphatic hydroxyl groups excluding tert-OH is 1. The van der Waals surface area contributed by atoms with Crippen LogP contribution in [-0.4, -0.2) is 29.7 Å². The van der Waals surface area contributed by atoms with Crippen molar-refractivity contribution in [1.29, 1.82) is 0 Å². The average molecular weight is 530 g/mol. The molecule has 0 fully saturated rings. The van der Waals surface area contributed by atoms with E-state index in [1.165, 1.54) is 12.1 Å². The zero-order valence-electron chi connectivity index (χ0n) is 17.3. The molecule has 0 aliphatic rings. The third-order valence-electron chi connectivity index (χ3n) is 4.99. The van der Waals surface area contributed by atoms with E-state index in [0.29, 0.717) is 18.5 Å². The highest BCUT2D eigenvalue weighted by Gasteiger charge is 2.23. The second-order valence-electron chi connectivity index (χ2n) is 7.70. The van der Waals surface area contributed by atoms with Gasteiger partial charge >= 0.3 is 0 Å². The van der Waals surface area contributed by atoms with Crippen LogP contribution in [0.2, 0.25) is 0 Å². The summed E-state index contributed by atoms with van der Waals surface area (Å²) in [7, 11) is 0. The van der Waals surface area contributed by atoms with Crippen LogP contribution in [-0.2, 0) is 17.8 Å². The summed E-state index contributed by atoms with van der Waals surface area (Å²) in [5.41, 5.74) is 1.47. The molecule has 164 valence electrons. The van der Waals surface area contributed by atoms with Gasteiger partial charge in [0.1, 0.15) is 11.6 Å². The minimum atomic E-state index is -0.917. The highest BCUT2D eigenvalue weighted by atomic mass is 127. The second-order valence-corrected chi connectivity index (χ2v) is 8.95. The van der Waals surface area contributed by atoms with Crippen LogP contribution in [0.25, 0.3) is 0 Å². The second kappa shape index (κ2) is 12.3. The van der Waals surface area contributed by atoms with Crippen LogP contribution in [0.4, 0.5) is 8.78 Å². The van der Waals surface area contributed by atoms with Crippen LogP contribution in [0.5, 0.6) is 0 Å². The standard InChI is InChI=1S/C23H29F2IN2O2/c1-3-15(2)7-23(30)28-21(11-17-8-18(24)12-19(25)9-17)22(29)14-27-13-16-5-4-6-20(26)10-16/h4-6,8-10,12,15,21-22,27,29H,3,7,11,13-14H2,1-2H3,(H,28,30)/t15?,21-,22-/m0/s1. The number of hydrogen-bond donors (Lipinski definition) is 3.